The van der Waals surface area contributed by atoms with Gasteiger partial charge in [0.2, 0.25) is 0 Å². The Hall–Kier alpha value is 0.260. The van der Waals surface area contributed by atoms with Crippen molar-refractivity contribution in [3.63, 3.8) is 0 Å². The second kappa shape index (κ2) is 5.74. The topological polar surface area (TPSA) is 46.2 Å². The molecule has 1 heterocycles. The van der Waals surface area contributed by atoms with Crippen molar-refractivity contribution in [1.82, 2.24) is 5.32 Å². The lowest BCUT2D eigenvalue weighted by Gasteiger charge is -2.34. The summed E-state index contributed by atoms with van der Waals surface area (Å²) in [4.78, 5) is 0. The number of hydrogen-bond acceptors (Lipinski definition) is 4. The summed E-state index contributed by atoms with van der Waals surface area (Å²) >= 11 is 1.99. The molecule has 0 aliphatic carbocycles. The standard InChI is InChI=1S/C11H23NO2S2/c1-4-12-10(6-9-16(3,13)14)11(2)7-5-8-15-11/h10,12H,4-9H2,1-3H3. The van der Waals surface area contributed by atoms with Crippen LogP contribution in [0.15, 0.2) is 0 Å². The van der Waals surface area contributed by atoms with Crippen LogP contribution in [-0.2, 0) is 9.84 Å². The Kier molecular flexibility index (Phi) is 5.13. The Bertz CT molecular complexity index is 308. The molecule has 1 N–H and O–H groups in total. The number of nitrogens with one attached hydrogen (secondary N) is 1. The van der Waals surface area contributed by atoms with Gasteiger partial charge in [-0.1, -0.05) is 6.92 Å². The predicted octanol–water partition coefficient (Wildman–Crippen LogP) is 1.68. The molecule has 0 aromatic rings. The lowest BCUT2D eigenvalue weighted by Crippen LogP contribution is -2.46. The van der Waals surface area contributed by atoms with Crippen LogP contribution in [0.1, 0.15) is 33.1 Å². The van der Waals surface area contributed by atoms with Gasteiger partial charge in [0.15, 0.2) is 0 Å². The van der Waals surface area contributed by atoms with Crippen LogP contribution < -0.4 is 5.32 Å². The van der Waals surface area contributed by atoms with E-state index in [1.54, 1.807) is 0 Å². The van der Waals surface area contributed by atoms with E-state index in [1.807, 2.05) is 11.8 Å². The van der Waals surface area contributed by atoms with Crippen molar-refractivity contribution in [3.05, 3.63) is 0 Å². The molecule has 16 heavy (non-hydrogen) atoms. The zero-order chi connectivity index (χ0) is 12.2. The van der Waals surface area contributed by atoms with E-state index >= 15 is 0 Å². The normalized spacial score (nSPS) is 28.2. The van der Waals surface area contributed by atoms with E-state index < -0.39 is 9.84 Å². The minimum Gasteiger partial charge on any atom is -0.313 e. The fraction of sp³-hybridized carbons (Fsp3) is 1.00. The van der Waals surface area contributed by atoms with Gasteiger partial charge >= 0.3 is 0 Å². The van der Waals surface area contributed by atoms with Gasteiger partial charge in [0.05, 0.1) is 5.75 Å². The molecule has 2 atom stereocenters. The number of hydrogen-bond donors (Lipinski definition) is 1. The Morgan fingerprint density at radius 2 is 2.19 bits per heavy atom. The molecule has 0 spiro atoms. The van der Waals surface area contributed by atoms with E-state index in [2.05, 4.69) is 19.2 Å². The lowest BCUT2D eigenvalue weighted by molar-refractivity contribution is 0.399. The number of rotatable bonds is 6. The number of thioether (sulfide) groups is 1. The summed E-state index contributed by atoms with van der Waals surface area (Å²) in [6, 6.07) is 0.319. The van der Waals surface area contributed by atoms with Gasteiger partial charge in [-0.2, -0.15) is 11.8 Å². The van der Waals surface area contributed by atoms with Crippen LogP contribution in [0.5, 0.6) is 0 Å². The Labute approximate surface area is 104 Å². The third-order valence-electron chi connectivity index (χ3n) is 3.21. The molecule has 2 unspecified atom stereocenters. The summed E-state index contributed by atoms with van der Waals surface area (Å²) in [6.07, 6.45) is 4.50. The van der Waals surface area contributed by atoms with Crippen LogP contribution in [0.2, 0.25) is 0 Å². The largest absolute Gasteiger partial charge is 0.313 e. The van der Waals surface area contributed by atoms with Gasteiger partial charge in [-0.3, -0.25) is 0 Å². The van der Waals surface area contributed by atoms with Crippen molar-refractivity contribution in [2.75, 3.05) is 24.3 Å². The number of sulfone groups is 1. The lowest BCUT2D eigenvalue weighted by atomic mass is 9.94. The van der Waals surface area contributed by atoms with Gasteiger partial charge in [0.1, 0.15) is 9.84 Å². The maximum Gasteiger partial charge on any atom is 0.147 e. The van der Waals surface area contributed by atoms with Gasteiger partial charge < -0.3 is 5.32 Å². The quantitative estimate of drug-likeness (QED) is 0.794. The Morgan fingerprint density at radius 1 is 1.50 bits per heavy atom. The minimum absolute atomic E-state index is 0.223. The van der Waals surface area contributed by atoms with Gasteiger partial charge in [-0.05, 0) is 38.5 Å². The smallest absolute Gasteiger partial charge is 0.147 e. The summed E-state index contributed by atoms with van der Waals surface area (Å²) in [7, 11) is -2.84. The summed E-state index contributed by atoms with van der Waals surface area (Å²) in [5.41, 5.74) is 0. The second-order valence-corrected chi connectivity index (χ2v) is 8.68. The first-order chi connectivity index (χ1) is 7.37. The molecule has 96 valence electrons. The van der Waals surface area contributed by atoms with E-state index in [1.165, 1.54) is 24.9 Å². The van der Waals surface area contributed by atoms with Crippen LogP contribution in [0.4, 0.5) is 0 Å². The fourth-order valence-corrected chi connectivity index (χ4v) is 4.39. The molecular weight excluding hydrogens is 242 g/mol. The zero-order valence-electron chi connectivity index (χ0n) is 10.5. The minimum atomic E-state index is -2.84. The molecule has 1 rings (SSSR count). The van der Waals surface area contributed by atoms with Crippen LogP contribution in [0.3, 0.4) is 0 Å². The molecule has 0 bridgehead atoms. The summed E-state index contributed by atoms with van der Waals surface area (Å²) in [6.45, 7) is 5.25. The molecule has 1 fully saturated rings. The van der Waals surface area contributed by atoms with Crippen molar-refractivity contribution >= 4 is 21.6 Å². The molecule has 1 aliphatic heterocycles. The second-order valence-electron chi connectivity index (χ2n) is 4.79. The summed E-state index contributed by atoms with van der Waals surface area (Å²) in [5.74, 6) is 1.50. The molecule has 0 radical (unpaired) electrons. The predicted molar refractivity (Wildman–Crippen MR) is 71.9 cm³/mol. The van der Waals surface area contributed by atoms with E-state index in [0.717, 1.165) is 13.0 Å². The highest BCUT2D eigenvalue weighted by Gasteiger charge is 2.37. The molecule has 0 aromatic heterocycles. The van der Waals surface area contributed by atoms with Crippen LogP contribution in [0, 0.1) is 0 Å². The molecule has 3 nitrogen and oxygen atoms in total. The van der Waals surface area contributed by atoms with Crippen molar-refractivity contribution < 1.29 is 8.42 Å². The van der Waals surface area contributed by atoms with Crippen LogP contribution >= 0.6 is 11.8 Å². The SMILES string of the molecule is CCNC(CCS(C)(=O)=O)C1(C)CCCS1. The molecule has 5 heteroatoms. The third kappa shape index (κ3) is 4.26. The molecule has 0 aromatic carbocycles. The molecular formula is C11H23NO2S2. The maximum atomic E-state index is 11.2. The molecule has 0 saturated carbocycles. The van der Waals surface area contributed by atoms with Gasteiger partial charge in [0.25, 0.3) is 0 Å². The monoisotopic (exact) mass is 265 g/mol. The fourth-order valence-electron chi connectivity index (χ4n) is 2.28. The molecule has 0 amide bonds. The highest BCUT2D eigenvalue weighted by atomic mass is 32.2. The maximum absolute atomic E-state index is 11.2. The Morgan fingerprint density at radius 3 is 2.62 bits per heavy atom. The third-order valence-corrected chi connectivity index (χ3v) is 5.83. The van der Waals surface area contributed by atoms with E-state index in [9.17, 15) is 8.42 Å². The van der Waals surface area contributed by atoms with Crippen molar-refractivity contribution in [2.24, 2.45) is 0 Å². The first-order valence-corrected chi connectivity index (χ1v) is 8.97. The van der Waals surface area contributed by atoms with Gasteiger partial charge in [0, 0.05) is 17.0 Å². The highest BCUT2D eigenvalue weighted by Crippen LogP contribution is 2.41. The highest BCUT2D eigenvalue weighted by molar-refractivity contribution is 8.00. The average molecular weight is 265 g/mol. The van der Waals surface area contributed by atoms with Crippen molar-refractivity contribution in [2.45, 2.75) is 43.9 Å². The molecule has 1 aliphatic rings. The van der Waals surface area contributed by atoms with Crippen LogP contribution in [0.25, 0.3) is 0 Å². The zero-order valence-corrected chi connectivity index (χ0v) is 12.1. The first kappa shape index (κ1) is 14.3. The van der Waals surface area contributed by atoms with E-state index in [0.29, 0.717) is 11.8 Å². The van der Waals surface area contributed by atoms with Crippen molar-refractivity contribution in [1.29, 1.82) is 0 Å². The van der Waals surface area contributed by atoms with E-state index in [-0.39, 0.29) is 4.75 Å². The van der Waals surface area contributed by atoms with E-state index in [4.69, 9.17) is 0 Å². The van der Waals surface area contributed by atoms with Gasteiger partial charge in [-0.25, -0.2) is 8.42 Å². The Balaban J connectivity index is 2.59. The average Bonchev–Trinajstić information content (AvgIpc) is 2.59. The van der Waals surface area contributed by atoms with Crippen LogP contribution in [-0.4, -0.2) is 43.5 Å². The summed E-state index contributed by atoms with van der Waals surface area (Å²) < 4.78 is 22.7. The molecule has 1 saturated heterocycles. The van der Waals surface area contributed by atoms with Crippen molar-refractivity contribution in [3.8, 4) is 0 Å². The van der Waals surface area contributed by atoms with Gasteiger partial charge in [-0.15, -0.1) is 0 Å². The first-order valence-electron chi connectivity index (χ1n) is 5.92. The summed E-state index contributed by atoms with van der Waals surface area (Å²) in [5, 5.41) is 3.45.